The van der Waals surface area contributed by atoms with Gasteiger partial charge in [0.2, 0.25) is 5.91 Å². The summed E-state index contributed by atoms with van der Waals surface area (Å²) < 4.78 is 5.75. The number of nitrogens with zero attached hydrogens (tertiary/aromatic N) is 2. The molecule has 0 unspecified atom stereocenters. The van der Waals surface area contributed by atoms with E-state index in [1.54, 1.807) is 12.5 Å². The fraction of sp³-hybridized carbons (Fsp3) is 0.522. The lowest BCUT2D eigenvalue weighted by atomic mass is 9.87. The molecule has 1 aromatic carbocycles. The van der Waals surface area contributed by atoms with Gasteiger partial charge in [-0.1, -0.05) is 53.7 Å². The van der Waals surface area contributed by atoms with E-state index in [2.05, 4.69) is 69.0 Å². The molecule has 0 radical (unpaired) electrons. The summed E-state index contributed by atoms with van der Waals surface area (Å²) in [5.74, 6) is 0.847. The third-order valence-electron chi connectivity index (χ3n) is 4.51. The number of nitrogens with one attached hydrogen (secondary N) is 1. The van der Waals surface area contributed by atoms with Crippen LogP contribution in [0.2, 0.25) is 0 Å². The van der Waals surface area contributed by atoms with Gasteiger partial charge in [-0.2, -0.15) is 0 Å². The van der Waals surface area contributed by atoms with E-state index in [4.69, 9.17) is 4.74 Å². The molecule has 0 saturated heterocycles. The maximum Gasteiger partial charge on any atom is 0.220 e. The first kappa shape index (κ1) is 21.9. The third kappa shape index (κ3) is 6.63. The Labute approximate surface area is 168 Å². The van der Waals surface area contributed by atoms with E-state index < -0.39 is 0 Å². The molecule has 0 spiro atoms. The maximum atomic E-state index is 12.1. The highest BCUT2D eigenvalue weighted by atomic mass is 16.5. The van der Waals surface area contributed by atoms with Crippen molar-refractivity contribution in [2.24, 2.45) is 0 Å². The quantitative estimate of drug-likeness (QED) is 0.713. The van der Waals surface area contributed by atoms with Crippen LogP contribution in [0.4, 0.5) is 0 Å². The molecule has 152 valence electrons. The molecule has 0 saturated carbocycles. The summed E-state index contributed by atoms with van der Waals surface area (Å²) in [6, 6.07) is 8.17. The number of hydrogen-bond acceptors (Lipinski definition) is 4. The first-order valence-electron chi connectivity index (χ1n) is 9.87. The van der Waals surface area contributed by atoms with E-state index in [0.717, 1.165) is 17.0 Å². The number of rotatable bonds is 7. The fourth-order valence-electron chi connectivity index (χ4n) is 2.92. The van der Waals surface area contributed by atoms with Crippen LogP contribution in [0.5, 0.6) is 5.75 Å². The predicted octanol–water partition coefficient (Wildman–Crippen LogP) is 4.55. The van der Waals surface area contributed by atoms with Crippen LogP contribution in [0.15, 0.2) is 36.8 Å². The van der Waals surface area contributed by atoms with Crippen LogP contribution < -0.4 is 10.1 Å². The highest BCUT2D eigenvalue weighted by molar-refractivity contribution is 5.75. The second-order valence-electron chi connectivity index (χ2n) is 9.15. The van der Waals surface area contributed by atoms with Gasteiger partial charge < -0.3 is 10.1 Å². The van der Waals surface area contributed by atoms with Crippen molar-refractivity contribution in [2.75, 3.05) is 6.61 Å². The predicted molar refractivity (Wildman–Crippen MR) is 112 cm³/mol. The summed E-state index contributed by atoms with van der Waals surface area (Å²) in [6.07, 6.45) is 4.43. The van der Waals surface area contributed by atoms with Gasteiger partial charge in [-0.3, -0.25) is 4.79 Å². The molecule has 0 aliphatic rings. The molecule has 1 amide bonds. The molecule has 1 heterocycles. The van der Waals surface area contributed by atoms with Crippen molar-refractivity contribution in [3.8, 4) is 5.75 Å². The van der Waals surface area contributed by atoms with Gasteiger partial charge in [-0.05, 0) is 29.5 Å². The number of ether oxygens (including phenoxy) is 1. The van der Waals surface area contributed by atoms with Gasteiger partial charge in [0.15, 0.2) is 0 Å². The van der Waals surface area contributed by atoms with E-state index in [9.17, 15) is 4.79 Å². The van der Waals surface area contributed by atoms with Gasteiger partial charge in [0.25, 0.3) is 0 Å². The zero-order chi connectivity index (χ0) is 20.8. The van der Waals surface area contributed by atoms with E-state index in [1.165, 1.54) is 5.56 Å². The summed E-state index contributed by atoms with van der Waals surface area (Å²) in [6.45, 7) is 13.8. The Morgan fingerprint density at radius 1 is 1.04 bits per heavy atom. The highest BCUT2D eigenvalue weighted by Gasteiger charge is 2.19. The Morgan fingerprint density at radius 2 is 1.71 bits per heavy atom. The minimum absolute atomic E-state index is 0.00962. The number of hydrogen-bond donors (Lipinski definition) is 1. The number of aromatic nitrogens is 2. The van der Waals surface area contributed by atoms with Crippen molar-refractivity contribution >= 4 is 5.91 Å². The minimum Gasteiger partial charge on any atom is -0.494 e. The minimum atomic E-state index is -0.0839. The SMILES string of the molecule is CC(C)(C)c1ccc(OCCCC(=O)NCc2cncnc2C(C)(C)C)cc1. The summed E-state index contributed by atoms with van der Waals surface area (Å²) >= 11 is 0. The molecule has 28 heavy (non-hydrogen) atoms. The normalized spacial score (nSPS) is 11.9. The summed E-state index contributed by atoms with van der Waals surface area (Å²) in [7, 11) is 0. The van der Waals surface area contributed by atoms with E-state index in [1.807, 2.05) is 12.1 Å². The molecule has 5 nitrogen and oxygen atoms in total. The van der Waals surface area contributed by atoms with Crippen LogP contribution in [0, 0.1) is 0 Å². The molecule has 0 bridgehead atoms. The topological polar surface area (TPSA) is 64.1 Å². The second-order valence-corrected chi connectivity index (χ2v) is 9.15. The lowest BCUT2D eigenvalue weighted by Gasteiger charge is -2.21. The van der Waals surface area contributed by atoms with Crippen molar-refractivity contribution < 1.29 is 9.53 Å². The Hall–Kier alpha value is -2.43. The van der Waals surface area contributed by atoms with Crippen LogP contribution in [0.1, 0.15) is 71.2 Å². The van der Waals surface area contributed by atoms with Crippen LogP contribution in [0.3, 0.4) is 0 Å². The van der Waals surface area contributed by atoms with Gasteiger partial charge >= 0.3 is 0 Å². The number of carbonyl (C=O) groups is 1. The monoisotopic (exact) mass is 383 g/mol. The summed E-state index contributed by atoms with van der Waals surface area (Å²) in [4.78, 5) is 20.6. The van der Waals surface area contributed by atoms with Gasteiger partial charge in [0.1, 0.15) is 12.1 Å². The number of carbonyl (C=O) groups excluding carboxylic acids is 1. The van der Waals surface area contributed by atoms with Gasteiger partial charge in [0.05, 0.1) is 12.3 Å². The molecular formula is C23H33N3O2. The summed E-state index contributed by atoms with van der Waals surface area (Å²) in [5, 5.41) is 2.96. The molecule has 0 atom stereocenters. The molecule has 2 aromatic rings. The molecule has 0 fully saturated rings. The summed E-state index contributed by atoms with van der Waals surface area (Å²) in [5.41, 5.74) is 3.24. The molecule has 2 rings (SSSR count). The highest BCUT2D eigenvalue weighted by Crippen LogP contribution is 2.24. The van der Waals surface area contributed by atoms with Crippen LogP contribution in [-0.4, -0.2) is 22.5 Å². The standard InChI is InChI=1S/C23H33N3O2/c1-22(2,3)18-9-11-19(12-10-18)28-13-7-8-20(27)25-15-17-14-24-16-26-21(17)23(4,5)6/h9-12,14,16H,7-8,13,15H2,1-6H3,(H,25,27). The van der Waals surface area contributed by atoms with Gasteiger partial charge in [0, 0.05) is 30.1 Å². The van der Waals surface area contributed by atoms with Gasteiger partial charge in [-0.15, -0.1) is 0 Å². The van der Waals surface area contributed by atoms with E-state index in [0.29, 0.717) is 26.0 Å². The average Bonchev–Trinajstić information content (AvgIpc) is 2.63. The molecule has 5 heteroatoms. The largest absolute Gasteiger partial charge is 0.494 e. The van der Waals surface area contributed by atoms with Crippen molar-refractivity contribution in [3.05, 3.63) is 53.6 Å². The van der Waals surface area contributed by atoms with Crippen molar-refractivity contribution in [1.82, 2.24) is 15.3 Å². The van der Waals surface area contributed by atoms with E-state index in [-0.39, 0.29) is 16.7 Å². The molecule has 0 aliphatic carbocycles. The van der Waals surface area contributed by atoms with Gasteiger partial charge in [-0.25, -0.2) is 9.97 Å². The Bertz CT molecular complexity index is 772. The Morgan fingerprint density at radius 3 is 2.32 bits per heavy atom. The van der Waals surface area contributed by atoms with Crippen molar-refractivity contribution in [3.63, 3.8) is 0 Å². The zero-order valence-corrected chi connectivity index (χ0v) is 18.0. The van der Waals surface area contributed by atoms with Crippen LogP contribution >= 0.6 is 0 Å². The Kier molecular flexibility index (Phi) is 7.17. The van der Waals surface area contributed by atoms with E-state index >= 15 is 0 Å². The van der Waals surface area contributed by atoms with Crippen molar-refractivity contribution in [1.29, 1.82) is 0 Å². The second kappa shape index (κ2) is 9.18. The fourth-order valence-corrected chi connectivity index (χ4v) is 2.92. The maximum absolute atomic E-state index is 12.1. The lowest BCUT2D eigenvalue weighted by molar-refractivity contribution is -0.121. The number of amides is 1. The zero-order valence-electron chi connectivity index (χ0n) is 18.0. The molecular weight excluding hydrogens is 350 g/mol. The number of benzene rings is 1. The first-order valence-corrected chi connectivity index (χ1v) is 9.87. The molecule has 1 N–H and O–H groups in total. The Balaban J connectivity index is 1.74. The molecule has 0 aliphatic heterocycles. The molecule has 1 aromatic heterocycles. The van der Waals surface area contributed by atoms with Crippen LogP contribution in [-0.2, 0) is 22.2 Å². The lowest BCUT2D eigenvalue weighted by Crippen LogP contribution is -2.26. The smallest absolute Gasteiger partial charge is 0.220 e. The third-order valence-corrected chi connectivity index (χ3v) is 4.51. The van der Waals surface area contributed by atoms with Crippen molar-refractivity contribution in [2.45, 2.75) is 71.8 Å². The van der Waals surface area contributed by atoms with Crippen LogP contribution in [0.25, 0.3) is 0 Å². The average molecular weight is 384 g/mol. The first-order chi connectivity index (χ1) is 13.1.